The Hall–Kier alpha value is -1.60. The molecule has 0 aromatic carbocycles. The number of aromatic nitrogens is 1. The lowest BCUT2D eigenvalue weighted by Gasteiger charge is -2.18. The molecule has 7 heteroatoms. The number of amides is 1. The minimum atomic E-state index is -1.08. The smallest absolute Gasteiger partial charge is 0.326 e. The predicted molar refractivity (Wildman–Crippen MR) is 72.9 cm³/mol. The van der Waals surface area contributed by atoms with Gasteiger partial charge in [0.05, 0.1) is 4.91 Å². The van der Waals surface area contributed by atoms with Gasteiger partial charge in [-0.15, -0.1) is 0 Å². The topological polar surface area (TPSA) is 73.4 Å². The second-order valence-electron chi connectivity index (χ2n) is 3.69. The zero-order valence-corrected chi connectivity index (χ0v) is 11.0. The van der Waals surface area contributed by atoms with Crippen molar-refractivity contribution in [2.75, 3.05) is 0 Å². The first kappa shape index (κ1) is 12.8. The molecule has 0 aliphatic carbocycles. The Morgan fingerprint density at radius 2 is 2.39 bits per heavy atom. The van der Waals surface area contributed by atoms with Crippen molar-refractivity contribution >= 4 is 46.3 Å². The lowest BCUT2D eigenvalue weighted by molar-refractivity contribution is -0.144. The van der Waals surface area contributed by atoms with Crippen LogP contribution in [-0.4, -0.2) is 37.2 Å². The van der Waals surface area contributed by atoms with Crippen LogP contribution in [0.4, 0.5) is 0 Å². The predicted octanol–water partition coefficient (Wildman–Crippen LogP) is 1.69. The van der Waals surface area contributed by atoms with Crippen LogP contribution in [0.25, 0.3) is 6.08 Å². The van der Waals surface area contributed by atoms with E-state index < -0.39 is 12.0 Å². The van der Waals surface area contributed by atoms with Crippen molar-refractivity contribution in [1.82, 2.24) is 9.88 Å². The third-order valence-corrected chi connectivity index (χ3v) is 3.81. The molecule has 0 bridgehead atoms. The number of hydrogen-bond acceptors (Lipinski definition) is 4. The second-order valence-corrected chi connectivity index (χ2v) is 5.37. The van der Waals surface area contributed by atoms with E-state index in [1.54, 1.807) is 12.3 Å². The van der Waals surface area contributed by atoms with Gasteiger partial charge in [0.15, 0.2) is 0 Å². The van der Waals surface area contributed by atoms with E-state index in [0.717, 1.165) is 22.4 Å². The average molecular weight is 282 g/mol. The van der Waals surface area contributed by atoms with Crippen LogP contribution < -0.4 is 0 Å². The third kappa shape index (κ3) is 2.32. The molecule has 2 rings (SSSR count). The molecule has 1 aromatic heterocycles. The number of aliphatic carboxylic acids is 1. The molecule has 18 heavy (non-hydrogen) atoms. The zero-order chi connectivity index (χ0) is 13.3. The summed E-state index contributed by atoms with van der Waals surface area (Å²) in [6, 6.07) is 2.67. The van der Waals surface area contributed by atoms with Crippen molar-refractivity contribution < 1.29 is 14.7 Å². The minimum absolute atomic E-state index is 0.271. The number of aromatic amines is 1. The van der Waals surface area contributed by atoms with Gasteiger partial charge in [-0.25, -0.2) is 4.79 Å². The molecule has 0 spiro atoms. The summed E-state index contributed by atoms with van der Waals surface area (Å²) in [5.41, 5.74) is 0.776. The largest absolute Gasteiger partial charge is 0.480 e. The maximum atomic E-state index is 12.1. The average Bonchev–Trinajstić information content (AvgIpc) is 2.88. The maximum absolute atomic E-state index is 12.1. The number of carboxylic acids is 1. The van der Waals surface area contributed by atoms with Crippen molar-refractivity contribution in [3.8, 4) is 0 Å². The van der Waals surface area contributed by atoms with Gasteiger partial charge in [-0.3, -0.25) is 9.69 Å². The highest BCUT2D eigenvalue weighted by Gasteiger charge is 2.38. The van der Waals surface area contributed by atoms with Crippen molar-refractivity contribution in [3.63, 3.8) is 0 Å². The van der Waals surface area contributed by atoms with E-state index in [2.05, 4.69) is 4.98 Å². The minimum Gasteiger partial charge on any atom is -0.480 e. The van der Waals surface area contributed by atoms with Gasteiger partial charge in [0.25, 0.3) is 5.91 Å². The Labute approximate surface area is 113 Å². The number of H-pyrrole nitrogens is 1. The number of carbonyl (C=O) groups excluding carboxylic acids is 1. The molecule has 5 nitrogen and oxygen atoms in total. The fourth-order valence-electron chi connectivity index (χ4n) is 1.50. The van der Waals surface area contributed by atoms with Crippen molar-refractivity contribution in [2.24, 2.45) is 0 Å². The molecule has 0 radical (unpaired) electrons. The second kappa shape index (κ2) is 4.95. The Kier molecular flexibility index (Phi) is 3.53. The number of thioether (sulfide) groups is 1. The molecule has 1 aromatic rings. The van der Waals surface area contributed by atoms with Gasteiger partial charge in [-0.1, -0.05) is 24.0 Å². The van der Waals surface area contributed by atoms with E-state index in [4.69, 9.17) is 17.3 Å². The molecule has 1 amide bonds. The molecule has 1 aliphatic heterocycles. The Morgan fingerprint density at radius 1 is 1.67 bits per heavy atom. The summed E-state index contributed by atoms with van der Waals surface area (Å²) in [6.45, 7) is 1.44. The van der Waals surface area contributed by atoms with Crippen LogP contribution in [0, 0.1) is 0 Å². The van der Waals surface area contributed by atoms with Crippen LogP contribution in [-0.2, 0) is 9.59 Å². The summed E-state index contributed by atoms with van der Waals surface area (Å²) in [5, 5.41) is 8.93. The number of carbonyl (C=O) groups is 2. The molecule has 1 fully saturated rings. The van der Waals surface area contributed by atoms with E-state index in [1.165, 1.54) is 6.92 Å². The highest BCUT2D eigenvalue weighted by molar-refractivity contribution is 8.26. The molecule has 2 N–H and O–H groups in total. The number of hydrogen-bond donors (Lipinski definition) is 2. The molecular formula is C11H10N2O3S2. The first-order valence-corrected chi connectivity index (χ1v) is 6.36. The van der Waals surface area contributed by atoms with Crippen molar-refractivity contribution in [1.29, 1.82) is 0 Å². The number of thiocarbonyl (C=S) groups is 1. The summed E-state index contributed by atoms with van der Waals surface area (Å²) in [7, 11) is 0. The van der Waals surface area contributed by atoms with Crippen molar-refractivity contribution in [2.45, 2.75) is 13.0 Å². The molecule has 0 saturated carbocycles. The van der Waals surface area contributed by atoms with E-state index >= 15 is 0 Å². The van der Waals surface area contributed by atoms with Crippen LogP contribution in [0.5, 0.6) is 0 Å². The SMILES string of the molecule is CC(C(=O)O)N1C(=O)/C(=C/c2ccc[nH]2)SC1=S. The van der Waals surface area contributed by atoms with Gasteiger partial charge in [-0.05, 0) is 25.1 Å². The summed E-state index contributed by atoms with van der Waals surface area (Å²) < 4.78 is 0.271. The summed E-state index contributed by atoms with van der Waals surface area (Å²) in [6.07, 6.45) is 3.40. The lowest BCUT2D eigenvalue weighted by Crippen LogP contribution is -2.41. The lowest BCUT2D eigenvalue weighted by atomic mass is 10.3. The van der Waals surface area contributed by atoms with Gasteiger partial charge in [0.1, 0.15) is 10.4 Å². The normalized spacial score (nSPS) is 19.6. The van der Waals surface area contributed by atoms with Gasteiger partial charge in [-0.2, -0.15) is 0 Å². The number of carboxylic acid groups (broad SMARTS) is 1. The molecule has 2 heterocycles. The number of nitrogens with zero attached hydrogens (tertiary/aromatic N) is 1. The van der Waals surface area contributed by atoms with Gasteiger partial charge >= 0.3 is 5.97 Å². The van der Waals surface area contributed by atoms with Crippen LogP contribution in [0.2, 0.25) is 0 Å². The quantitative estimate of drug-likeness (QED) is 0.652. The van der Waals surface area contributed by atoms with E-state index in [9.17, 15) is 9.59 Å². The highest BCUT2D eigenvalue weighted by atomic mass is 32.2. The van der Waals surface area contributed by atoms with E-state index in [-0.39, 0.29) is 10.2 Å². The molecule has 1 unspecified atom stereocenters. The molecule has 1 saturated heterocycles. The van der Waals surface area contributed by atoms with Crippen LogP contribution >= 0.6 is 24.0 Å². The van der Waals surface area contributed by atoms with E-state index in [0.29, 0.717) is 4.91 Å². The monoisotopic (exact) mass is 282 g/mol. The first-order chi connectivity index (χ1) is 8.50. The molecule has 1 atom stereocenters. The van der Waals surface area contributed by atoms with Crippen molar-refractivity contribution in [3.05, 3.63) is 28.9 Å². The first-order valence-electron chi connectivity index (χ1n) is 5.14. The summed E-state index contributed by atoms with van der Waals surface area (Å²) in [5.74, 6) is -1.44. The molecule has 94 valence electrons. The maximum Gasteiger partial charge on any atom is 0.326 e. The Morgan fingerprint density at radius 3 is 2.94 bits per heavy atom. The number of rotatable bonds is 3. The fourth-order valence-corrected chi connectivity index (χ4v) is 2.91. The zero-order valence-electron chi connectivity index (χ0n) is 9.41. The van der Waals surface area contributed by atoms with Crippen LogP contribution in [0.15, 0.2) is 23.2 Å². The number of nitrogens with one attached hydrogen (secondary N) is 1. The van der Waals surface area contributed by atoms with Gasteiger partial charge < -0.3 is 10.1 Å². The molecule has 1 aliphatic rings. The van der Waals surface area contributed by atoms with Gasteiger partial charge in [0, 0.05) is 11.9 Å². The standard InChI is InChI=1S/C11H10N2O3S2/c1-6(10(15)16)13-9(14)8(18-11(13)17)5-7-3-2-4-12-7/h2-6,12H,1H3,(H,15,16)/b8-5-. The van der Waals surface area contributed by atoms with Crippen LogP contribution in [0.1, 0.15) is 12.6 Å². The Bertz CT molecular complexity index is 536. The molecular weight excluding hydrogens is 272 g/mol. The summed E-state index contributed by atoms with van der Waals surface area (Å²) >= 11 is 6.15. The highest BCUT2D eigenvalue weighted by Crippen LogP contribution is 2.33. The van der Waals surface area contributed by atoms with Gasteiger partial charge in [0.2, 0.25) is 0 Å². The van der Waals surface area contributed by atoms with Crippen LogP contribution in [0.3, 0.4) is 0 Å². The summed E-state index contributed by atoms with van der Waals surface area (Å²) in [4.78, 5) is 27.5. The van der Waals surface area contributed by atoms with E-state index in [1.807, 2.05) is 12.1 Å². The Balaban J connectivity index is 2.27. The fraction of sp³-hybridized carbons (Fsp3) is 0.182. The third-order valence-electron chi connectivity index (χ3n) is 2.48.